The van der Waals surface area contributed by atoms with E-state index in [2.05, 4.69) is 29.0 Å². The maximum atomic E-state index is 5.86. The number of methoxy groups -OCH3 is 1. The first-order chi connectivity index (χ1) is 7.86. The zero-order valence-electron chi connectivity index (χ0n) is 11.2. The topological polar surface area (TPSA) is 63.4 Å². The van der Waals surface area contributed by atoms with Crippen LogP contribution in [0.2, 0.25) is 0 Å². The fraction of sp³-hybridized carbons (Fsp3) is 0.583. The summed E-state index contributed by atoms with van der Waals surface area (Å²) < 4.78 is 5.07. The van der Waals surface area contributed by atoms with Gasteiger partial charge in [-0.1, -0.05) is 0 Å². The Morgan fingerprint density at radius 2 is 2.06 bits per heavy atom. The van der Waals surface area contributed by atoms with Crippen LogP contribution in [0.15, 0.2) is 12.1 Å². The monoisotopic (exact) mass is 238 g/mol. The number of nitrogens with zero attached hydrogens (tertiary/aromatic N) is 2. The molecule has 0 saturated carbocycles. The molecule has 0 bridgehead atoms. The van der Waals surface area contributed by atoms with Crippen molar-refractivity contribution in [3.63, 3.8) is 0 Å². The van der Waals surface area contributed by atoms with Gasteiger partial charge >= 0.3 is 0 Å². The Bertz CT molecular complexity index is 377. The molecule has 17 heavy (non-hydrogen) atoms. The van der Waals surface area contributed by atoms with Crippen LogP contribution in [-0.4, -0.2) is 43.2 Å². The molecule has 0 spiro atoms. The number of rotatable bonds is 5. The van der Waals surface area contributed by atoms with Gasteiger partial charge < -0.3 is 20.7 Å². The lowest BCUT2D eigenvalue weighted by atomic mass is 10.0. The molecular weight excluding hydrogens is 216 g/mol. The second kappa shape index (κ2) is 5.23. The van der Waals surface area contributed by atoms with Crippen molar-refractivity contribution < 1.29 is 4.74 Å². The maximum Gasteiger partial charge on any atom is 0.215 e. The molecule has 5 heteroatoms. The first-order valence-electron chi connectivity index (χ1n) is 5.58. The molecule has 3 N–H and O–H groups in total. The summed E-state index contributed by atoms with van der Waals surface area (Å²) in [6.07, 6.45) is 0. The van der Waals surface area contributed by atoms with E-state index in [4.69, 9.17) is 10.5 Å². The smallest absolute Gasteiger partial charge is 0.215 e. The molecule has 0 saturated heterocycles. The first kappa shape index (κ1) is 13.6. The van der Waals surface area contributed by atoms with Crippen LogP contribution >= 0.6 is 0 Å². The van der Waals surface area contributed by atoms with Gasteiger partial charge in [0.15, 0.2) is 5.82 Å². The SMILES string of the molecule is COc1ccc(N)c(NCC(C)(C)N(C)C)n1. The summed E-state index contributed by atoms with van der Waals surface area (Å²) in [4.78, 5) is 6.43. The molecular formula is C12H22N4O. The van der Waals surface area contributed by atoms with E-state index in [0.717, 1.165) is 6.54 Å². The van der Waals surface area contributed by atoms with Crippen molar-refractivity contribution in [3.8, 4) is 5.88 Å². The third kappa shape index (κ3) is 3.49. The van der Waals surface area contributed by atoms with Gasteiger partial charge in [-0.15, -0.1) is 0 Å². The van der Waals surface area contributed by atoms with Gasteiger partial charge in [-0.2, -0.15) is 4.98 Å². The van der Waals surface area contributed by atoms with Gasteiger partial charge in [-0.3, -0.25) is 0 Å². The molecule has 0 unspecified atom stereocenters. The quantitative estimate of drug-likeness (QED) is 0.812. The molecule has 0 aliphatic carbocycles. The average molecular weight is 238 g/mol. The zero-order chi connectivity index (χ0) is 13.1. The number of nitrogen functional groups attached to an aromatic ring is 1. The van der Waals surface area contributed by atoms with Crippen molar-refractivity contribution in [1.82, 2.24) is 9.88 Å². The van der Waals surface area contributed by atoms with Crippen molar-refractivity contribution in [2.45, 2.75) is 19.4 Å². The molecule has 1 aromatic rings. The molecule has 0 aliphatic heterocycles. The van der Waals surface area contributed by atoms with Gasteiger partial charge in [0.25, 0.3) is 0 Å². The van der Waals surface area contributed by atoms with Crippen LogP contribution in [0.1, 0.15) is 13.8 Å². The van der Waals surface area contributed by atoms with Crippen LogP contribution in [0.25, 0.3) is 0 Å². The lowest BCUT2D eigenvalue weighted by molar-refractivity contribution is 0.210. The minimum absolute atomic E-state index is 0.0250. The lowest BCUT2D eigenvalue weighted by Crippen LogP contribution is -2.44. The third-order valence-corrected chi connectivity index (χ3v) is 3.01. The van der Waals surface area contributed by atoms with E-state index in [0.29, 0.717) is 17.4 Å². The fourth-order valence-corrected chi connectivity index (χ4v) is 1.17. The molecule has 0 fully saturated rings. The van der Waals surface area contributed by atoms with Crippen LogP contribution in [0.4, 0.5) is 11.5 Å². The highest BCUT2D eigenvalue weighted by Crippen LogP contribution is 2.21. The molecule has 5 nitrogen and oxygen atoms in total. The minimum Gasteiger partial charge on any atom is -0.481 e. The van der Waals surface area contributed by atoms with Gasteiger partial charge in [0.1, 0.15) is 0 Å². The minimum atomic E-state index is 0.0250. The van der Waals surface area contributed by atoms with Crippen LogP contribution in [0.3, 0.4) is 0 Å². The van der Waals surface area contributed by atoms with E-state index < -0.39 is 0 Å². The molecule has 1 aromatic heterocycles. The number of hydrogen-bond acceptors (Lipinski definition) is 5. The van der Waals surface area contributed by atoms with Crippen LogP contribution in [0, 0.1) is 0 Å². The molecule has 0 amide bonds. The molecule has 1 heterocycles. The first-order valence-corrected chi connectivity index (χ1v) is 5.58. The Balaban J connectivity index is 2.75. The predicted molar refractivity (Wildman–Crippen MR) is 71.5 cm³/mol. The predicted octanol–water partition coefficient (Wildman–Crippen LogP) is 1.42. The highest BCUT2D eigenvalue weighted by atomic mass is 16.5. The summed E-state index contributed by atoms with van der Waals surface area (Å²) in [5.41, 5.74) is 6.51. The Hall–Kier alpha value is -1.49. The standard InChI is InChI=1S/C12H22N4O/c1-12(2,16(3)4)8-14-11-9(13)6-7-10(15-11)17-5/h6-7H,8,13H2,1-5H3,(H,14,15). The average Bonchev–Trinajstić information content (AvgIpc) is 2.28. The summed E-state index contributed by atoms with van der Waals surface area (Å²) in [5, 5.41) is 3.25. The van der Waals surface area contributed by atoms with Gasteiger partial charge in [0, 0.05) is 18.2 Å². The number of hydrogen-bond donors (Lipinski definition) is 2. The van der Waals surface area contributed by atoms with Crippen molar-refractivity contribution >= 4 is 11.5 Å². The van der Waals surface area contributed by atoms with Crippen molar-refractivity contribution in [2.75, 3.05) is 38.8 Å². The van der Waals surface area contributed by atoms with E-state index in [1.807, 2.05) is 14.1 Å². The molecule has 0 atom stereocenters. The molecule has 1 rings (SSSR count). The molecule has 0 aromatic carbocycles. The second-order valence-electron chi connectivity index (χ2n) is 4.85. The second-order valence-corrected chi connectivity index (χ2v) is 4.85. The normalized spacial score (nSPS) is 11.6. The van der Waals surface area contributed by atoms with Gasteiger partial charge in [-0.05, 0) is 34.0 Å². The van der Waals surface area contributed by atoms with Crippen molar-refractivity contribution in [1.29, 1.82) is 0 Å². The van der Waals surface area contributed by atoms with Crippen LogP contribution < -0.4 is 15.8 Å². The van der Waals surface area contributed by atoms with Crippen molar-refractivity contribution in [2.24, 2.45) is 0 Å². The summed E-state index contributed by atoms with van der Waals surface area (Å²) in [7, 11) is 5.68. The Kier molecular flexibility index (Phi) is 4.17. The number of aromatic nitrogens is 1. The van der Waals surface area contributed by atoms with Gasteiger partial charge in [0.2, 0.25) is 5.88 Å². The highest BCUT2D eigenvalue weighted by Gasteiger charge is 2.20. The molecule has 96 valence electrons. The lowest BCUT2D eigenvalue weighted by Gasteiger charge is -2.33. The van der Waals surface area contributed by atoms with Crippen LogP contribution in [0.5, 0.6) is 5.88 Å². The fourth-order valence-electron chi connectivity index (χ4n) is 1.17. The molecule has 0 radical (unpaired) electrons. The Morgan fingerprint density at radius 3 is 2.59 bits per heavy atom. The Labute approximate surface area is 103 Å². The number of ether oxygens (including phenoxy) is 1. The summed E-state index contributed by atoms with van der Waals surface area (Å²) in [6, 6.07) is 3.54. The third-order valence-electron chi connectivity index (χ3n) is 3.01. The number of likely N-dealkylation sites (N-methyl/N-ethyl adjacent to an activating group) is 1. The van der Waals surface area contributed by atoms with E-state index >= 15 is 0 Å². The van der Waals surface area contributed by atoms with E-state index in [-0.39, 0.29) is 5.54 Å². The van der Waals surface area contributed by atoms with E-state index in [1.54, 1.807) is 19.2 Å². The van der Waals surface area contributed by atoms with E-state index in [9.17, 15) is 0 Å². The molecule has 0 aliphatic rings. The largest absolute Gasteiger partial charge is 0.481 e. The Morgan fingerprint density at radius 1 is 1.41 bits per heavy atom. The van der Waals surface area contributed by atoms with Crippen LogP contribution in [-0.2, 0) is 0 Å². The number of anilines is 2. The van der Waals surface area contributed by atoms with Gasteiger partial charge in [-0.25, -0.2) is 0 Å². The number of nitrogens with two attached hydrogens (primary N) is 1. The summed E-state index contributed by atoms with van der Waals surface area (Å²) in [6.45, 7) is 5.05. The van der Waals surface area contributed by atoms with E-state index in [1.165, 1.54) is 0 Å². The van der Waals surface area contributed by atoms with Gasteiger partial charge in [0.05, 0.1) is 12.8 Å². The number of nitrogens with one attached hydrogen (secondary N) is 1. The summed E-state index contributed by atoms with van der Waals surface area (Å²) in [5.74, 6) is 1.23. The zero-order valence-corrected chi connectivity index (χ0v) is 11.2. The maximum absolute atomic E-state index is 5.86. The van der Waals surface area contributed by atoms with Crippen molar-refractivity contribution in [3.05, 3.63) is 12.1 Å². The number of pyridine rings is 1. The highest BCUT2D eigenvalue weighted by molar-refractivity contribution is 5.62. The summed E-state index contributed by atoms with van der Waals surface area (Å²) >= 11 is 0.